The number of likely N-dealkylation sites (N-methyl/N-ethyl adjacent to an activating group) is 1. The maximum Gasteiger partial charge on any atom is 0.191 e. The predicted octanol–water partition coefficient (Wildman–Crippen LogP) is 2.81. The number of rotatable bonds is 8. The Labute approximate surface area is 169 Å². The number of aliphatic imine (C=N–C) groups is 1. The van der Waals surface area contributed by atoms with Crippen LogP contribution in [-0.2, 0) is 6.42 Å². The number of aryl methyl sites for hydroxylation is 1. The third-order valence-corrected chi connectivity index (χ3v) is 4.79. The van der Waals surface area contributed by atoms with Crippen molar-refractivity contribution in [2.24, 2.45) is 4.99 Å². The fraction of sp³-hybridized carbons (Fsp3) is 0.632. The Hall–Kier alpha value is -1.02. The molecule has 0 heterocycles. The number of nitrogens with zero attached hydrogens (tertiary/aromatic N) is 2. The summed E-state index contributed by atoms with van der Waals surface area (Å²) < 4.78 is 5.38. The summed E-state index contributed by atoms with van der Waals surface area (Å²) in [7, 11) is 5.75. The second-order valence-corrected chi connectivity index (χ2v) is 6.68. The van der Waals surface area contributed by atoms with Crippen molar-refractivity contribution in [3.63, 3.8) is 0 Å². The summed E-state index contributed by atoms with van der Waals surface area (Å²) in [5.74, 6) is 1.82. The second-order valence-electron chi connectivity index (χ2n) is 6.68. The van der Waals surface area contributed by atoms with Gasteiger partial charge in [0.15, 0.2) is 5.96 Å². The van der Waals surface area contributed by atoms with E-state index in [1.54, 1.807) is 7.11 Å². The minimum absolute atomic E-state index is 0. The van der Waals surface area contributed by atoms with Gasteiger partial charge in [-0.1, -0.05) is 12.1 Å². The SMILES string of the molecule is CN=C(NCCc1ccc(C)c(OC)c1)NCC(C)N(C)C1CC1.I. The Kier molecular flexibility index (Phi) is 9.56. The first kappa shape index (κ1) is 22.0. The van der Waals surface area contributed by atoms with E-state index in [4.69, 9.17) is 4.74 Å². The van der Waals surface area contributed by atoms with E-state index >= 15 is 0 Å². The molecule has 1 aromatic carbocycles. The van der Waals surface area contributed by atoms with E-state index < -0.39 is 0 Å². The Morgan fingerprint density at radius 2 is 2.08 bits per heavy atom. The Morgan fingerprint density at radius 3 is 2.68 bits per heavy atom. The maximum absolute atomic E-state index is 5.38. The van der Waals surface area contributed by atoms with E-state index in [9.17, 15) is 0 Å². The number of hydrogen-bond donors (Lipinski definition) is 2. The quantitative estimate of drug-likeness (QED) is 0.356. The van der Waals surface area contributed by atoms with Gasteiger partial charge in [0.2, 0.25) is 0 Å². The minimum Gasteiger partial charge on any atom is -0.496 e. The van der Waals surface area contributed by atoms with Gasteiger partial charge < -0.3 is 15.4 Å². The van der Waals surface area contributed by atoms with Gasteiger partial charge in [-0.2, -0.15) is 0 Å². The van der Waals surface area contributed by atoms with Crippen LogP contribution in [0.4, 0.5) is 0 Å². The lowest BCUT2D eigenvalue weighted by Gasteiger charge is -2.25. The van der Waals surface area contributed by atoms with Gasteiger partial charge in [0.05, 0.1) is 7.11 Å². The molecule has 0 spiro atoms. The molecule has 0 aromatic heterocycles. The van der Waals surface area contributed by atoms with Crippen LogP contribution < -0.4 is 15.4 Å². The van der Waals surface area contributed by atoms with Crippen LogP contribution in [0.25, 0.3) is 0 Å². The van der Waals surface area contributed by atoms with Crippen molar-refractivity contribution in [2.45, 2.75) is 45.2 Å². The highest BCUT2D eigenvalue weighted by Crippen LogP contribution is 2.26. The maximum atomic E-state index is 5.38. The highest BCUT2D eigenvalue weighted by Gasteiger charge is 2.28. The number of benzene rings is 1. The first-order valence-corrected chi connectivity index (χ1v) is 8.85. The molecule has 0 radical (unpaired) electrons. The van der Waals surface area contributed by atoms with Gasteiger partial charge in [-0.05, 0) is 57.4 Å². The zero-order valence-electron chi connectivity index (χ0n) is 16.1. The number of ether oxygens (including phenoxy) is 1. The van der Waals surface area contributed by atoms with Crippen molar-refractivity contribution in [1.29, 1.82) is 0 Å². The predicted molar refractivity (Wildman–Crippen MR) is 116 cm³/mol. The van der Waals surface area contributed by atoms with E-state index in [0.29, 0.717) is 6.04 Å². The molecule has 1 aromatic rings. The molecule has 1 unspecified atom stereocenters. The zero-order valence-corrected chi connectivity index (χ0v) is 18.5. The molecular formula is C19H33IN4O. The third kappa shape index (κ3) is 7.01. The molecule has 0 saturated heterocycles. The second kappa shape index (κ2) is 10.9. The molecule has 1 aliphatic rings. The highest BCUT2D eigenvalue weighted by molar-refractivity contribution is 14.0. The van der Waals surface area contributed by atoms with Crippen LogP contribution in [0.1, 0.15) is 30.9 Å². The number of halogens is 1. The van der Waals surface area contributed by atoms with Crippen LogP contribution >= 0.6 is 24.0 Å². The molecule has 5 nitrogen and oxygen atoms in total. The van der Waals surface area contributed by atoms with Crippen LogP contribution in [0, 0.1) is 6.92 Å². The zero-order chi connectivity index (χ0) is 17.5. The average molecular weight is 460 g/mol. The molecule has 1 atom stereocenters. The first-order valence-electron chi connectivity index (χ1n) is 8.85. The lowest BCUT2D eigenvalue weighted by atomic mass is 10.1. The Balaban J connectivity index is 0.00000312. The number of hydrogen-bond acceptors (Lipinski definition) is 3. The first-order chi connectivity index (χ1) is 11.5. The fourth-order valence-corrected chi connectivity index (χ4v) is 2.80. The third-order valence-electron chi connectivity index (χ3n) is 4.79. The molecule has 1 saturated carbocycles. The Bertz CT molecular complexity index is 560. The van der Waals surface area contributed by atoms with E-state index in [0.717, 1.165) is 37.3 Å². The topological polar surface area (TPSA) is 48.9 Å². The normalized spacial score (nSPS) is 15.5. The molecule has 142 valence electrons. The summed E-state index contributed by atoms with van der Waals surface area (Å²) in [6.07, 6.45) is 3.62. The summed E-state index contributed by atoms with van der Waals surface area (Å²) in [5, 5.41) is 6.81. The molecule has 0 aliphatic heterocycles. The summed E-state index contributed by atoms with van der Waals surface area (Å²) in [6, 6.07) is 7.67. The van der Waals surface area contributed by atoms with Crippen molar-refractivity contribution < 1.29 is 4.74 Å². The van der Waals surface area contributed by atoms with Crippen molar-refractivity contribution in [2.75, 3.05) is 34.3 Å². The lowest BCUT2D eigenvalue weighted by Crippen LogP contribution is -2.45. The Morgan fingerprint density at radius 1 is 1.36 bits per heavy atom. The van der Waals surface area contributed by atoms with E-state index in [-0.39, 0.29) is 24.0 Å². The molecule has 0 bridgehead atoms. The van der Waals surface area contributed by atoms with E-state index in [1.807, 2.05) is 7.05 Å². The van der Waals surface area contributed by atoms with Crippen molar-refractivity contribution in [1.82, 2.24) is 15.5 Å². The van der Waals surface area contributed by atoms with Crippen LogP contribution in [0.3, 0.4) is 0 Å². The largest absolute Gasteiger partial charge is 0.496 e. The van der Waals surface area contributed by atoms with Gasteiger partial charge in [0, 0.05) is 32.2 Å². The number of nitrogens with one attached hydrogen (secondary N) is 2. The van der Waals surface area contributed by atoms with Gasteiger partial charge in [0.25, 0.3) is 0 Å². The fourth-order valence-electron chi connectivity index (χ4n) is 2.80. The summed E-state index contributed by atoms with van der Waals surface area (Å²) in [6.45, 7) is 6.08. The smallest absolute Gasteiger partial charge is 0.191 e. The lowest BCUT2D eigenvalue weighted by molar-refractivity contribution is 0.247. The van der Waals surface area contributed by atoms with Gasteiger partial charge >= 0.3 is 0 Å². The van der Waals surface area contributed by atoms with Crippen LogP contribution in [0.2, 0.25) is 0 Å². The molecule has 2 rings (SSSR count). The van der Waals surface area contributed by atoms with Crippen molar-refractivity contribution in [3.05, 3.63) is 29.3 Å². The van der Waals surface area contributed by atoms with Gasteiger partial charge in [-0.3, -0.25) is 9.89 Å². The standard InChI is InChI=1S/C19H32N4O.HI/c1-14-6-7-16(12-18(14)24-5)10-11-21-19(20-3)22-13-15(2)23(4)17-8-9-17;/h6-7,12,15,17H,8-11,13H2,1-5H3,(H2,20,21,22);1H. The van der Waals surface area contributed by atoms with Gasteiger partial charge in [-0.25, -0.2) is 0 Å². The van der Waals surface area contributed by atoms with Crippen LogP contribution in [-0.4, -0.2) is 57.2 Å². The molecule has 0 amide bonds. The number of guanidine groups is 1. The van der Waals surface area contributed by atoms with E-state index in [2.05, 4.69) is 59.6 Å². The van der Waals surface area contributed by atoms with Crippen LogP contribution in [0.5, 0.6) is 5.75 Å². The number of methoxy groups -OCH3 is 1. The molecule has 2 N–H and O–H groups in total. The van der Waals surface area contributed by atoms with Crippen molar-refractivity contribution >= 4 is 29.9 Å². The summed E-state index contributed by atoms with van der Waals surface area (Å²) in [4.78, 5) is 6.77. The van der Waals surface area contributed by atoms with E-state index in [1.165, 1.54) is 24.0 Å². The molecule has 1 fully saturated rings. The van der Waals surface area contributed by atoms with Crippen LogP contribution in [0.15, 0.2) is 23.2 Å². The summed E-state index contributed by atoms with van der Waals surface area (Å²) >= 11 is 0. The monoisotopic (exact) mass is 460 g/mol. The van der Waals surface area contributed by atoms with Gasteiger partial charge in [0.1, 0.15) is 5.75 Å². The average Bonchev–Trinajstić information content (AvgIpc) is 3.43. The molecule has 25 heavy (non-hydrogen) atoms. The molecule has 6 heteroatoms. The summed E-state index contributed by atoms with van der Waals surface area (Å²) in [5.41, 5.74) is 2.43. The molecular weight excluding hydrogens is 427 g/mol. The van der Waals surface area contributed by atoms with Gasteiger partial charge in [-0.15, -0.1) is 24.0 Å². The molecule has 1 aliphatic carbocycles. The minimum atomic E-state index is 0. The van der Waals surface area contributed by atoms with Crippen molar-refractivity contribution in [3.8, 4) is 5.75 Å². The highest BCUT2D eigenvalue weighted by atomic mass is 127.